The molecule has 1 aromatic heterocycles. The number of benzene rings is 1. The lowest BCUT2D eigenvalue weighted by molar-refractivity contribution is 0.0952. The Balaban J connectivity index is 1.45. The minimum atomic E-state index is -0.280. The third kappa shape index (κ3) is 3.96. The molecular formula is C19H20N4O2. The van der Waals surface area contributed by atoms with Gasteiger partial charge in [0.1, 0.15) is 5.82 Å². The molecule has 128 valence electrons. The summed E-state index contributed by atoms with van der Waals surface area (Å²) in [6, 6.07) is 11.4. The van der Waals surface area contributed by atoms with Crippen molar-refractivity contribution in [2.45, 2.75) is 37.8 Å². The minimum absolute atomic E-state index is 0.152. The van der Waals surface area contributed by atoms with Gasteiger partial charge in [-0.25, -0.2) is 4.98 Å². The fraction of sp³-hybridized carbons (Fsp3) is 0.316. The Hall–Kier alpha value is -2.89. The van der Waals surface area contributed by atoms with Crippen molar-refractivity contribution in [3.05, 3.63) is 53.7 Å². The summed E-state index contributed by atoms with van der Waals surface area (Å²) in [5.41, 5.74) is 1.44. The van der Waals surface area contributed by atoms with E-state index in [0.29, 0.717) is 22.9 Å². The lowest BCUT2D eigenvalue weighted by Crippen LogP contribution is -2.27. The van der Waals surface area contributed by atoms with Crippen molar-refractivity contribution in [1.82, 2.24) is 10.3 Å². The molecule has 2 fully saturated rings. The topological polar surface area (TPSA) is 83.1 Å². The van der Waals surface area contributed by atoms with Crippen LogP contribution in [0.1, 0.15) is 46.4 Å². The van der Waals surface area contributed by atoms with Crippen molar-refractivity contribution in [3.8, 4) is 0 Å². The summed E-state index contributed by atoms with van der Waals surface area (Å²) in [5, 5.41) is 9.04. The number of hydrogen-bond acceptors (Lipinski definition) is 4. The number of nitrogens with one attached hydrogen (secondary N) is 3. The van der Waals surface area contributed by atoms with Crippen LogP contribution in [0.3, 0.4) is 0 Å². The van der Waals surface area contributed by atoms with E-state index in [1.165, 1.54) is 12.8 Å². The normalized spacial score (nSPS) is 16.2. The van der Waals surface area contributed by atoms with Gasteiger partial charge in [-0.1, -0.05) is 12.1 Å². The van der Waals surface area contributed by atoms with E-state index >= 15 is 0 Å². The van der Waals surface area contributed by atoms with E-state index in [1.807, 2.05) is 0 Å². The second kappa shape index (κ2) is 6.55. The number of amides is 2. The van der Waals surface area contributed by atoms with Crippen LogP contribution in [-0.2, 0) is 0 Å². The van der Waals surface area contributed by atoms with Crippen LogP contribution in [0, 0.1) is 0 Å². The van der Waals surface area contributed by atoms with Crippen molar-refractivity contribution in [2.24, 2.45) is 0 Å². The highest BCUT2D eigenvalue weighted by atomic mass is 16.2. The van der Waals surface area contributed by atoms with Crippen LogP contribution in [0.2, 0.25) is 0 Å². The molecule has 2 amide bonds. The van der Waals surface area contributed by atoms with E-state index < -0.39 is 0 Å². The van der Waals surface area contributed by atoms with Crippen molar-refractivity contribution in [3.63, 3.8) is 0 Å². The Morgan fingerprint density at radius 2 is 1.68 bits per heavy atom. The largest absolute Gasteiger partial charge is 0.367 e. The zero-order valence-corrected chi connectivity index (χ0v) is 13.8. The lowest BCUT2D eigenvalue weighted by atomic mass is 10.1. The highest BCUT2D eigenvalue weighted by Crippen LogP contribution is 2.24. The van der Waals surface area contributed by atoms with Gasteiger partial charge in [0, 0.05) is 18.3 Å². The molecular weight excluding hydrogens is 316 g/mol. The van der Waals surface area contributed by atoms with Gasteiger partial charge < -0.3 is 16.0 Å². The van der Waals surface area contributed by atoms with Crippen LogP contribution in [0.4, 0.5) is 11.5 Å². The van der Waals surface area contributed by atoms with Crippen molar-refractivity contribution in [2.75, 3.05) is 10.6 Å². The highest BCUT2D eigenvalue weighted by Gasteiger charge is 2.25. The quantitative estimate of drug-likeness (QED) is 0.757. The molecule has 0 aliphatic heterocycles. The van der Waals surface area contributed by atoms with E-state index in [-0.39, 0.29) is 17.9 Å². The molecule has 0 radical (unpaired) electrons. The fourth-order valence-electron chi connectivity index (χ4n) is 2.53. The van der Waals surface area contributed by atoms with Gasteiger partial charge in [-0.15, -0.1) is 0 Å². The number of nitrogens with zero attached hydrogens (tertiary/aromatic N) is 1. The van der Waals surface area contributed by atoms with Gasteiger partial charge in [0.15, 0.2) is 0 Å². The molecule has 0 unspecified atom stereocenters. The summed E-state index contributed by atoms with van der Waals surface area (Å²) in [4.78, 5) is 29.0. The maximum absolute atomic E-state index is 12.5. The molecule has 6 heteroatoms. The SMILES string of the molecule is O=C(Nc1ccccc1C(=O)NC1CC1)c1ccc(NC2CC2)nc1. The summed E-state index contributed by atoms with van der Waals surface area (Å²) < 4.78 is 0. The first-order valence-corrected chi connectivity index (χ1v) is 8.63. The summed E-state index contributed by atoms with van der Waals surface area (Å²) in [6.07, 6.45) is 5.93. The third-order valence-electron chi connectivity index (χ3n) is 4.29. The van der Waals surface area contributed by atoms with Gasteiger partial charge in [0.2, 0.25) is 0 Å². The van der Waals surface area contributed by atoms with Crippen LogP contribution in [0.15, 0.2) is 42.6 Å². The summed E-state index contributed by atoms with van der Waals surface area (Å²) in [7, 11) is 0. The fourth-order valence-corrected chi connectivity index (χ4v) is 2.53. The van der Waals surface area contributed by atoms with E-state index in [9.17, 15) is 9.59 Å². The molecule has 0 atom stereocenters. The first kappa shape index (κ1) is 15.6. The van der Waals surface area contributed by atoms with Crippen LogP contribution in [-0.4, -0.2) is 28.9 Å². The number of anilines is 2. The molecule has 6 nitrogen and oxygen atoms in total. The van der Waals surface area contributed by atoms with Crippen LogP contribution < -0.4 is 16.0 Å². The summed E-state index contributed by atoms with van der Waals surface area (Å²) in [5.74, 6) is 0.348. The zero-order valence-electron chi connectivity index (χ0n) is 13.8. The number of pyridine rings is 1. The number of hydrogen-bond donors (Lipinski definition) is 3. The summed E-state index contributed by atoms with van der Waals surface area (Å²) in [6.45, 7) is 0. The van der Waals surface area contributed by atoms with Gasteiger partial charge in [-0.05, 0) is 49.9 Å². The Labute approximate surface area is 146 Å². The molecule has 2 aromatic rings. The number of carbonyl (C=O) groups excluding carboxylic acids is 2. The predicted octanol–water partition coefficient (Wildman–Crippen LogP) is 2.80. The summed E-state index contributed by atoms with van der Waals surface area (Å²) >= 11 is 0. The maximum Gasteiger partial charge on any atom is 0.257 e. The van der Waals surface area contributed by atoms with Gasteiger partial charge >= 0.3 is 0 Å². The van der Waals surface area contributed by atoms with Crippen molar-refractivity contribution in [1.29, 1.82) is 0 Å². The standard InChI is InChI=1S/C19H20N4O2/c24-18(12-5-10-17(20-11-12)21-13-6-7-13)23-16-4-2-1-3-15(16)19(25)22-14-8-9-14/h1-5,10-11,13-14H,6-9H2,(H,20,21)(H,22,25)(H,23,24). The number of carbonyl (C=O) groups is 2. The Kier molecular flexibility index (Phi) is 4.09. The van der Waals surface area contributed by atoms with Gasteiger partial charge in [-0.3, -0.25) is 9.59 Å². The van der Waals surface area contributed by atoms with Crippen LogP contribution >= 0.6 is 0 Å². The maximum atomic E-state index is 12.5. The monoisotopic (exact) mass is 336 g/mol. The second-order valence-electron chi connectivity index (χ2n) is 6.60. The lowest BCUT2D eigenvalue weighted by Gasteiger charge is -2.11. The molecule has 0 spiro atoms. The van der Waals surface area contributed by atoms with Gasteiger partial charge in [0.05, 0.1) is 16.8 Å². The number of aromatic nitrogens is 1. The molecule has 0 saturated heterocycles. The van der Waals surface area contributed by atoms with Gasteiger partial charge in [-0.2, -0.15) is 0 Å². The average Bonchev–Trinajstić information content (AvgIpc) is 3.53. The molecule has 2 aliphatic rings. The van der Waals surface area contributed by atoms with Crippen LogP contribution in [0.5, 0.6) is 0 Å². The zero-order chi connectivity index (χ0) is 17.2. The van der Waals surface area contributed by atoms with E-state index in [4.69, 9.17) is 0 Å². The number of rotatable bonds is 6. The first-order chi connectivity index (χ1) is 12.2. The van der Waals surface area contributed by atoms with E-state index in [1.54, 1.807) is 42.6 Å². The number of para-hydroxylation sites is 1. The highest BCUT2D eigenvalue weighted by molar-refractivity contribution is 6.09. The molecule has 2 aliphatic carbocycles. The van der Waals surface area contributed by atoms with E-state index in [0.717, 1.165) is 18.7 Å². The minimum Gasteiger partial charge on any atom is -0.367 e. The van der Waals surface area contributed by atoms with Crippen molar-refractivity contribution >= 4 is 23.3 Å². The molecule has 1 heterocycles. The smallest absolute Gasteiger partial charge is 0.257 e. The molecule has 1 aromatic carbocycles. The predicted molar refractivity (Wildman–Crippen MR) is 95.8 cm³/mol. The third-order valence-corrected chi connectivity index (χ3v) is 4.29. The Bertz CT molecular complexity index is 795. The Morgan fingerprint density at radius 3 is 2.36 bits per heavy atom. The average molecular weight is 336 g/mol. The van der Waals surface area contributed by atoms with Gasteiger partial charge in [0.25, 0.3) is 11.8 Å². The molecule has 3 N–H and O–H groups in total. The molecule has 2 saturated carbocycles. The van der Waals surface area contributed by atoms with E-state index in [2.05, 4.69) is 20.9 Å². The molecule has 4 rings (SSSR count). The van der Waals surface area contributed by atoms with Crippen LogP contribution in [0.25, 0.3) is 0 Å². The van der Waals surface area contributed by atoms with Crippen molar-refractivity contribution < 1.29 is 9.59 Å². The molecule has 25 heavy (non-hydrogen) atoms. The molecule has 0 bridgehead atoms. The first-order valence-electron chi connectivity index (χ1n) is 8.63. The Morgan fingerprint density at radius 1 is 0.920 bits per heavy atom. The second-order valence-corrected chi connectivity index (χ2v) is 6.60.